The Morgan fingerprint density at radius 3 is 2.43 bits per heavy atom. The molecule has 1 atom stereocenters. The van der Waals surface area contributed by atoms with Gasteiger partial charge in [-0.3, -0.25) is 14.4 Å². The van der Waals surface area contributed by atoms with Crippen molar-refractivity contribution in [3.8, 4) is 0 Å². The lowest BCUT2D eigenvalue weighted by Crippen LogP contribution is -2.54. The van der Waals surface area contributed by atoms with Crippen LogP contribution in [0.5, 0.6) is 0 Å². The number of carbonyl (C=O) groups excluding carboxylic acids is 2. The number of anilines is 1. The summed E-state index contributed by atoms with van der Waals surface area (Å²) in [6.07, 6.45) is 0. The number of carbonyl (C=O) groups is 2. The van der Waals surface area contributed by atoms with Crippen LogP contribution < -0.4 is 10.3 Å². The summed E-state index contributed by atoms with van der Waals surface area (Å²) in [5, 5.41) is 10.3. The Hall–Kier alpha value is -4.23. The fourth-order valence-electron chi connectivity index (χ4n) is 5.80. The number of hydrogen-bond acceptors (Lipinski definition) is 5. The SMILES string of the molecule is Cc1cccc(CN2C(=O)C3(c4ccccc42)c2c(oc4cc(C)c(C)cc4c2=O)C(=O)N3CCO)c1. The molecule has 7 heteroatoms. The third-order valence-corrected chi connectivity index (χ3v) is 7.60. The molecule has 0 saturated carbocycles. The number of β-amino-alcohol motifs (C(OH)–C–C–N with tert-alkyl or cyclic N) is 1. The number of hydrogen-bond donors (Lipinski definition) is 1. The van der Waals surface area contributed by atoms with E-state index in [9.17, 15) is 19.5 Å². The number of rotatable bonds is 4. The van der Waals surface area contributed by atoms with Crippen molar-refractivity contribution in [1.29, 1.82) is 0 Å². The lowest BCUT2D eigenvalue weighted by Gasteiger charge is -2.33. The molecule has 0 fully saturated rings. The van der Waals surface area contributed by atoms with E-state index in [1.807, 2.05) is 57.2 Å². The van der Waals surface area contributed by atoms with E-state index in [0.29, 0.717) is 22.2 Å². The van der Waals surface area contributed by atoms with Crippen LogP contribution in [0.1, 0.15) is 43.9 Å². The van der Waals surface area contributed by atoms with Gasteiger partial charge in [-0.05, 0) is 55.7 Å². The van der Waals surface area contributed by atoms with Gasteiger partial charge in [0.15, 0.2) is 11.0 Å². The molecule has 7 nitrogen and oxygen atoms in total. The first kappa shape index (κ1) is 23.2. The lowest BCUT2D eigenvalue weighted by molar-refractivity contribution is -0.126. The molecule has 1 aromatic heterocycles. The number of fused-ring (bicyclic) bond motifs is 5. The number of aryl methyl sites for hydroxylation is 3. The van der Waals surface area contributed by atoms with E-state index in [1.54, 1.807) is 29.2 Å². The Balaban J connectivity index is 1.66. The normalized spacial score (nSPS) is 18.3. The molecular weight excluding hydrogens is 468 g/mol. The summed E-state index contributed by atoms with van der Waals surface area (Å²) in [5.41, 5.74) is 3.17. The zero-order valence-electron chi connectivity index (χ0n) is 20.9. The van der Waals surface area contributed by atoms with Crippen LogP contribution in [0.3, 0.4) is 0 Å². The second kappa shape index (κ2) is 8.15. The monoisotopic (exact) mass is 494 g/mol. The predicted octanol–water partition coefficient (Wildman–Crippen LogP) is 3.96. The molecule has 2 amide bonds. The standard InChI is InChI=1S/C30H26N2O5/c1-17-7-6-8-20(13-17)16-31-23-10-5-4-9-22(23)30(29(31)36)25-26(34)21-14-18(2)19(3)15-24(21)37-27(25)28(35)32(30)11-12-33/h4-10,13-15,33H,11-12,16H2,1-3H3. The number of amides is 2. The summed E-state index contributed by atoms with van der Waals surface area (Å²) in [4.78, 5) is 45.4. The van der Waals surface area contributed by atoms with Gasteiger partial charge in [-0.2, -0.15) is 0 Å². The van der Waals surface area contributed by atoms with Gasteiger partial charge < -0.3 is 19.3 Å². The van der Waals surface area contributed by atoms with E-state index in [1.165, 1.54) is 4.90 Å². The molecule has 3 heterocycles. The third kappa shape index (κ3) is 3.07. The van der Waals surface area contributed by atoms with Crippen LogP contribution in [0.2, 0.25) is 0 Å². The molecule has 0 aliphatic carbocycles. The molecule has 6 rings (SSSR count). The van der Waals surface area contributed by atoms with Crippen molar-refractivity contribution in [2.75, 3.05) is 18.1 Å². The van der Waals surface area contributed by atoms with Crippen molar-refractivity contribution in [2.45, 2.75) is 32.9 Å². The summed E-state index contributed by atoms with van der Waals surface area (Å²) in [7, 11) is 0. The van der Waals surface area contributed by atoms with Crippen molar-refractivity contribution in [3.63, 3.8) is 0 Å². The molecule has 1 N–H and O–H groups in total. The average Bonchev–Trinajstić information content (AvgIpc) is 3.26. The minimum atomic E-state index is -1.72. The van der Waals surface area contributed by atoms with Crippen LogP contribution >= 0.6 is 0 Å². The molecule has 0 bridgehead atoms. The quantitative estimate of drug-likeness (QED) is 0.464. The highest BCUT2D eigenvalue weighted by Crippen LogP contribution is 2.52. The molecule has 3 aromatic carbocycles. The van der Waals surface area contributed by atoms with Crippen LogP contribution in [0.25, 0.3) is 11.0 Å². The highest BCUT2D eigenvalue weighted by atomic mass is 16.3. The molecular formula is C30H26N2O5. The van der Waals surface area contributed by atoms with Gasteiger partial charge in [0.1, 0.15) is 5.58 Å². The fourth-order valence-corrected chi connectivity index (χ4v) is 5.80. The Morgan fingerprint density at radius 1 is 0.919 bits per heavy atom. The first-order chi connectivity index (χ1) is 17.8. The summed E-state index contributed by atoms with van der Waals surface area (Å²) >= 11 is 0. The summed E-state index contributed by atoms with van der Waals surface area (Å²) in [6, 6.07) is 18.6. The maximum absolute atomic E-state index is 14.5. The van der Waals surface area contributed by atoms with Gasteiger partial charge >= 0.3 is 0 Å². The van der Waals surface area contributed by atoms with Crippen LogP contribution in [-0.2, 0) is 16.9 Å². The lowest BCUT2D eigenvalue weighted by atomic mass is 9.84. The van der Waals surface area contributed by atoms with E-state index in [-0.39, 0.29) is 31.0 Å². The van der Waals surface area contributed by atoms with Crippen LogP contribution in [0.15, 0.2) is 69.9 Å². The first-order valence-corrected chi connectivity index (χ1v) is 12.3. The van der Waals surface area contributed by atoms with E-state index >= 15 is 0 Å². The minimum Gasteiger partial charge on any atom is -0.450 e. The Morgan fingerprint density at radius 2 is 1.68 bits per heavy atom. The smallest absolute Gasteiger partial charge is 0.291 e. The van der Waals surface area contributed by atoms with Gasteiger partial charge in [-0.15, -0.1) is 0 Å². The van der Waals surface area contributed by atoms with Gasteiger partial charge in [-0.25, -0.2) is 0 Å². The van der Waals surface area contributed by atoms with Crippen molar-refractivity contribution < 1.29 is 19.1 Å². The third-order valence-electron chi connectivity index (χ3n) is 7.60. The van der Waals surface area contributed by atoms with Gasteiger partial charge in [0.25, 0.3) is 11.8 Å². The fraction of sp³-hybridized carbons (Fsp3) is 0.233. The topological polar surface area (TPSA) is 91.1 Å². The Kier molecular flexibility index (Phi) is 5.10. The molecule has 0 radical (unpaired) electrons. The number of para-hydroxylation sites is 1. The maximum Gasteiger partial charge on any atom is 0.291 e. The molecule has 186 valence electrons. The zero-order chi connectivity index (χ0) is 26.1. The number of aliphatic hydroxyl groups is 1. The summed E-state index contributed by atoms with van der Waals surface area (Å²) in [5.74, 6) is -1.14. The van der Waals surface area contributed by atoms with Crippen molar-refractivity contribution in [3.05, 3.63) is 110 Å². The molecule has 1 spiro atoms. The second-order valence-electron chi connectivity index (χ2n) is 9.86. The van der Waals surface area contributed by atoms with Gasteiger partial charge in [0, 0.05) is 12.1 Å². The van der Waals surface area contributed by atoms with E-state index in [4.69, 9.17) is 4.42 Å². The van der Waals surface area contributed by atoms with E-state index in [0.717, 1.165) is 22.3 Å². The van der Waals surface area contributed by atoms with Gasteiger partial charge in [0.2, 0.25) is 5.76 Å². The second-order valence-corrected chi connectivity index (χ2v) is 9.86. The van der Waals surface area contributed by atoms with Crippen LogP contribution in [-0.4, -0.2) is 35.0 Å². The number of nitrogens with zero attached hydrogens (tertiary/aromatic N) is 2. The highest BCUT2D eigenvalue weighted by molar-refractivity contribution is 6.17. The summed E-state index contributed by atoms with van der Waals surface area (Å²) < 4.78 is 6.09. The molecule has 4 aromatic rings. The molecule has 37 heavy (non-hydrogen) atoms. The largest absolute Gasteiger partial charge is 0.450 e. The molecule has 0 saturated heterocycles. The molecule has 1 unspecified atom stereocenters. The number of aliphatic hydroxyl groups excluding tert-OH is 1. The van der Waals surface area contributed by atoms with Crippen molar-refractivity contribution in [1.82, 2.24) is 4.90 Å². The van der Waals surface area contributed by atoms with Gasteiger partial charge in [0.05, 0.1) is 29.8 Å². The van der Waals surface area contributed by atoms with Crippen LogP contribution in [0, 0.1) is 20.8 Å². The maximum atomic E-state index is 14.5. The number of benzene rings is 3. The highest BCUT2D eigenvalue weighted by Gasteiger charge is 2.64. The first-order valence-electron chi connectivity index (χ1n) is 12.3. The minimum absolute atomic E-state index is 0.0193. The Bertz CT molecular complexity index is 1690. The van der Waals surface area contributed by atoms with E-state index < -0.39 is 22.8 Å². The van der Waals surface area contributed by atoms with Crippen molar-refractivity contribution >= 4 is 28.5 Å². The predicted molar refractivity (Wildman–Crippen MR) is 140 cm³/mol. The van der Waals surface area contributed by atoms with E-state index in [2.05, 4.69) is 0 Å². The molecule has 2 aliphatic rings. The van der Waals surface area contributed by atoms with Gasteiger partial charge in [-0.1, -0.05) is 48.0 Å². The molecule has 2 aliphatic heterocycles. The van der Waals surface area contributed by atoms with Crippen molar-refractivity contribution in [2.24, 2.45) is 0 Å². The zero-order valence-corrected chi connectivity index (χ0v) is 20.9. The van der Waals surface area contributed by atoms with Crippen LogP contribution in [0.4, 0.5) is 5.69 Å². The summed E-state index contributed by atoms with van der Waals surface area (Å²) in [6.45, 7) is 5.56. The Labute approximate surface area is 213 Å². The average molecular weight is 495 g/mol.